The van der Waals surface area contributed by atoms with Gasteiger partial charge in [0.25, 0.3) is 0 Å². The van der Waals surface area contributed by atoms with Gasteiger partial charge in [0.2, 0.25) is 0 Å². The predicted molar refractivity (Wildman–Crippen MR) is 54.3 cm³/mol. The number of halogens is 3. The molecule has 0 unspecified atom stereocenters. The van der Waals surface area contributed by atoms with Crippen LogP contribution in [-0.2, 0) is 6.42 Å². The molecule has 0 atom stereocenters. The standard InChI is InChI=1S/C12H15F3/c1-6(2)5-9-7(3)10(13)12(15)11(14)8(9)4/h6H,5H2,1-4H3. The van der Waals surface area contributed by atoms with Crippen molar-refractivity contribution < 1.29 is 13.2 Å². The lowest BCUT2D eigenvalue weighted by atomic mass is 9.93. The van der Waals surface area contributed by atoms with Gasteiger partial charge < -0.3 is 0 Å². The molecular weight excluding hydrogens is 201 g/mol. The Hall–Kier alpha value is -0.990. The Balaban J connectivity index is 3.39. The molecule has 0 fully saturated rings. The number of hydrogen-bond acceptors (Lipinski definition) is 0. The van der Waals surface area contributed by atoms with Crippen LogP contribution in [0.25, 0.3) is 0 Å². The zero-order valence-electron chi connectivity index (χ0n) is 9.42. The van der Waals surface area contributed by atoms with E-state index in [0.717, 1.165) is 0 Å². The van der Waals surface area contributed by atoms with E-state index in [0.29, 0.717) is 12.0 Å². The molecular formula is C12H15F3. The molecule has 0 aliphatic carbocycles. The zero-order valence-corrected chi connectivity index (χ0v) is 9.42. The Morgan fingerprint density at radius 1 is 0.867 bits per heavy atom. The maximum absolute atomic E-state index is 13.3. The van der Waals surface area contributed by atoms with Gasteiger partial charge in [-0.3, -0.25) is 0 Å². The smallest absolute Gasteiger partial charge is 0.194 e. The molecule has 1 aromatic rings. The lowest BCUT2D eigenvalue weighted by Crippen LogP contribution is -2.07. The van der Waals surface area contributed by atoms with Gasteiger partial charge in [-0.05, 0) is 42.9 Å². The van der Waals surface area contributed by atoms with Crippen LogP contribution < -0.4 is 0 Å². The van der Waals surface area contributed by atoms with Crippen LogP contribution in [0.3, 0.4) is 0 Å². The first-order valence-corrected chi connectivity index (χ1v) is 4.98. The van der Waals surface area contributed by atoms with E-state index in [-0.39, 0.29) is 17.0 Å². The molecule has 0 nitrogen and oxygen atoms in total. The van der Waals surface area contributed by atoms with E-state index in [2.05, 4.69) is 0 Å². The van der Waals surface area contributed by atoms with Crippen molar-refractivity contribution in [2.24, 2.45) is 5.92 Å². The minimum absolute atomic E-state index is 0.222. The van der Waals surface area contributed by atoms with Crippen LogP contribution in [0, 0.1) is 37.2 Å². The highest BCUT2D eigenvalue weighted by atomic mass is 19.2. The van der Waals surface area contributed by atoms with Crippen molar-refractivity contribution in [1.82, 2.24) is 0 Å². The molecule has 0 radical (unpaired) electrons. The van der Waals surface area contributed by atoms with E-state index in [1.165, 1.54) is 13.8 Å². The summed E-state index contributed by atoms with van der Waals surface area (Å²) in [5.74, 6) is -3.20. The van der Waals surface area contributed by atoms with Crippen molar-refractivity contribution >= 4 is 0 Å². The molecule has 84 valence electrons. The average molecular weight is 216 g/mol. The normalized spacial score (nSPS) is 11.2. The second-order valence-electron chi connectivity index (χ2n) is 4.27. The van der Waals surface area contributed by atoms with Crippen LogP contribution in [0.2, 0.25) is 0 Å². The lowest BCUT2D eigenvalue weighted by molar-refractivity contribution is 0.435. The summed E-state index contributed by atoms with van der Waals surface area (Å²) in [6.45, 7) is 6.89. The third-order valence-corrected chi connectivity index (χ3v) is 2.56. The van der Waals surface area contributed by atoms with Gasteiger partial charge in [0.05, 0.1) is 0 Å². The van der Waals surface area contributed by atoms with Crippen molar-refractivity contribution in [3.63, 3.8) is 0 Å². The Morgan fingerprint density at radius 3 is 1.60 bits per heavy atom. The van der Waals surface area contributed by atoms with Gasteiger partial charge in [-0.2, -0.15) is 0 Å². The Morgan fingerprint density at radius 2 is 1.27 bits per heavy atom. The van der Waals surface area contributed by atoms with Gasteiger partial charge in [0.1, 0.15) is 0 Å². The third-order valence-electron chi connectivity index (χ3n) is 2.56. The molecule has 0 bridgehead atoms. The van der Waals surface area contributed by atoms with Gasteiger partial charge in [-0.1, -0.05) is 13.8 Å². The molecule has 1 aromatic carbocycles. The molecule has 0 saturated carbocycles. The third kappa shape index (κ3) is 2.16. The molecule has 0 heterocycles. The SMILES string of the molecule is Cc1c(F)c(F)c(F)c(C)c1CC(C)C. The summed E-state index contributed by atoms with van der Waals surface area (Å²) < 4.78 is 39.6. The predicted octanol–water partition coefficient (Wildman–Crippen LogP) is 3.92. The van der Waals surface area contributed by atoms with E-state index in [1.807, 2.05) is 13.8 Å². The number of rotatable bonds is 2. The van der Waals surface area contributed by atoms with Gasteiger partial charge >= 0.3 is 0 Å². The van der Waals surface area contributed by atoms with Gasteiger partial charge in [0, 0.05) is 0 Å². The highest BCUT2D eigenvalue weighted by Gasteiger charge is 2.20. The topological polar surface area (TPSA) is 0 Å². The fourth-order valence-corrected chi connectivity index (χ4v) is 1.69. The first-order chi connectivity index (χ1) is 6.86. The maximum atomic E-state index is 13.3. The molecule has 0 aromatic heterocycles. The maximum Gasteiger partial charge on any atom is 0.194 e. The molecule has 0 amide bonds. The highest BCUT2D eigenvalue weighted by molar-refractivity contribution is 5.37. The van der Waals surface area contributed by atoms with Gasteiger partial charge in [-0.25, -0.2) is 13.2 Å². The van der Waals surface area contributed by atoms with Crippen molar-refractivity contribution in [3.05, 3.63) is 34.1 Å². The molecule has 0 N–H and O–H groups in total. The minimum atomic E-state index is -1.36. The largest absolute Gasteiger partial charge is 0.203 e. The van der Waals surface area contributed by atoms with E-state index in [9.17, 15) is 13.2 Å². The summed E-state index contributed by atoms with van der Waals surface area (Å²) in [4.78, 5) is 0. The van der Waals surface area contributed by atoms with Crippen LogP contribution in [0.4, 0.5) is 13.2 Å². The molecule has 0 aliphatic rings. The first kappa shape index (κ1) is 12.1. The Kier molecular flexibility index (Phi) is 3.42. The van der Waals surface area contributed by atoms with Crippen molar-refractivity contribution in [3.8, 4) is 0 Å². The van der Waals surface area contributed by atoms with E-state index >= 15 is 0 Å². The van der Waals surface area contributed by atoms with Crippen LogP contribution in [0.1, 0.15) is 30.5 Å². The van der Waals surface area contributed by atoms with Crippen molar-refractivity contribution in [2.45, 2.75) is 34.1 Å². The molecule has 0 saturated heterocycles. The van der Waals surface area contributed by atoms with E-state index in [1.54, 1.807) is 0 Å². The van der Waals surface area contributed by atoms with E-state index in [4.69, 9.17) is 0 Å². The molecule has 3 heteroatoms. The van der Waals surface area contributed by atoms with Crippen LogP contribution in [-0.4, -0.2) is 0 Å². The van der Waals surface area contributed by atoms with Gasteiger partial charge in [-0.15, -0.1) is 0 Å². The first-order valence-electron chi connectivity index (χ1n) is 4.98. The summed E-state index contributed by atoms with van der Waals surface area (Å²) in [5.41, 5.74) is 1.03. The summed E-state index contributed by atoms with van der Waals surface area (Å²) >= 11 is 0. The van der Waals surface area contributed by atoms with Crippen LogP contribution >= 0.6 is 0 Å². The summed E-state index contributed by atoms with van der Waals surface area (Å²) in [6, 6.07) is 0. The highest BCUT2D eigenvalue weighted by Crippen LogP contribution is 2.26. The van der Waals surface area contributed by atoms with Crippen molar-refractivity contribution in [1.29, 1.82) is 0 Å². The average Bonchev–Trinajstić information content (AvgIpc) is 2.18. The second kappa shape index (κ2) is 4.25. The van der Waals surface area contributed by atoms with Crippen LogP contribution in [0.5, 0.6) is 0 Å². The summed E-state index contributed by atoms with van der Waals surface area (Å²) in [5, 5.41) is 0. The fraction of sp³-hybridized carbons (Fsp3) is 0.500. The quantitative estimate of drug-likeness (QED) is 0.657. The fourth-order valence-electron chi connectivity index (χ4n) is 1.69. The minimum Gasteiger partial charge on any atom is -0.203 e. The summed E-state index contributed by atoms with van der Waals surface area (Å²) in [7, 11) is 0. The number of hydrogen-bond donors (Lipinski definition) is 0. The lowest BCUT2D eigenvalue weighted by Gasteiger charge is -2.14. The second-order valence-corrected chi connectivity index (χ2v) is 4.27. The Bertz CT molecular complexity index is 352. The molecule has 0 spiro atoms. The zero-order chi connectivity index (χ0) is 11.7. The Labute approximate surface area is 88.1 Å². The number of benzene rings is 1. The molecule has 1 rings (SSSR count). The van der Waals surface area contributed by atoms with Crippen molar-refractivity contribution in [2.75, 3.05) is 0 Å². The van der Waals surface area contributed by atoms with Crippen LogP contribution in [0.15, 0.2) is 0 Å². The molecule has 15 heavy (non-hydrogen) atoms. The molecule has 0 aliphatic heterocycles. The monoisotopic (exact) mass is 216 g/mol. The summed E-state index contributed by atoms with van der Waals surface area (Å²) in [6.07, 6.45) is 0.561. The van der Waals surface area contributed by atoms with E-state index < -0.39 is 17.5 Å². The van der Waals surface area contributed by atoms with Gasteiger partial charge in [0.15, 0.2) is 17.5 Å².